The van der Waals surface area contributed by atoms with E-state index in [2.05, 4.69) is 10.2 Å². The van der Waals surface area contributed by atoms with Gasteiger partial charge >= 0.3 is 0 Å². The Morgan fingerprint density at radius 3 is 2.44 bits per heavy atom. The molecule has 0 spiro atoms. The second kappa shape index (κ2) is 13.9. The van der Waals surface area contributed by atoms with Crippen LogP contribution in [0.3, 0.4) is 0 Å². The Labute approximate surface area is 244 Å². The molecule has 0 bridgehead atoms. The molecule has 208 valence electrons. The average molecular weight is 593 g/mol. The molecule has 8 nitrogen and oxygen atoms in total. The van der Waals surface area contributed by atoms with Crippen LogP contribution in [0.5, 0.6) is 5.75 Å². The van der Waals surface area contributed by atoms with Crippen LogP contribution < -0.4 is 10.1 Å². The number of carbonyl (C=O) groups excluding carboxylic acids is 2. The summed E-state index contributed by atoms with van der Waals surface area (Å²) in [6.45, 7) is 4.64. The van der Waals surface area contributed by atoms with Gasteiger partial charge in [-0.2, -0.15) is 0 Å². The fourth-order valence-corrected chi connectivity index (χ4v) is 4.75. The zero-order valence-electron chi connectivity index (χ0n) is 21.8. The Morgan fingerprint density at radius 1 is 0.897 bits per heavy atom. The van der Waals surface area contributed by atoms with Crippen molar-refractivity contribution in [2.75, 3.05) is 52.9 Å². The van der Waals surface area contributed by atoms with Gasteiger partial charge in [0.1, 0.15) is 5.75 Å². The third-order valence-electron chi connectivity index (χ3n) is 6.52. The van der Waals surface area contributed by atoms with Crippen molar-refractivity contribution in [2.24, 2.45) is 0 Å². The van der Waals surface area contributed by atoms with Gasteiger partial charge in [-0.25, -0.2) is 0 Å². The number of likely N-dealkylation sites (N-methyl/N-ethyl adjacent to an activating group) is 1. The van der Waals surface area contributed by atoms with Crippen molar-refractivity contribution in [2.45, 2.75) is 13.0 Å². The van der Waals surface area contributed by atoms with Gasteiger partial charge in [-0.1, -0.05) is 40.9 Å². The lowest BCUT2D eigenvalue weighted by atomic mass is 10.2. The van der Waals surface area contributed by atoms with Crippen LogP contribution in [0, 0.1) is 0 Å². The normalized spacial score (nSPS) is 15.8. The monoisotopic (exact) mass is 591 g/mol. The molecule has 1 fully saturated rings. The summed E-state index contributed by atoms with van der Waals surface area (Å²) in [6, 6.07) is 10.4. The Hall–Kier alpha value is -2.91. The lowest BCUT2D eigenvalue weighted by Crippen LogP contribution is -2.37. The summed E-state index contributed by atoms with van der Waals surface area (Å²) in [4.78, 5) is 33.7. The molecule has 2 aromatic carbocycles. The number of benzene rings is 2. The van der Waals surface area contributed by atoms with Crippen LogP contribution in [0.4, 0.5) is 0 Å². The summed E-state index contributed by atoms with van der Waals surface area (Å²) in [6.07, 6.45) is 8.70. The van der Waals surface area contributed by atoms with E-state index in [9.17, 15) is 9.59 Å². The highest BCUT2D eigenvalue weighted by Gasteiger charge is 2.20. The van der Waals surface area contributed by atoms with Crippen LogP contribution in [-0.4, -0.2) is 84.3 Å². The first-order chi connectivity index (χ1) is 18.8. The van der Waals surface area contributed by atoms with Crippen LogP contribution in [0.1, 0.15) is 22.3 Å². The zero-order valence-corrected chi connectivity index (χ0v) is 24.1. The van der Waals surface area contributed by atoms with Crippen LogP contribution in [0.2, 0.25) is 15.1 Å². The third kappa shape index (κ3) is 8.54. The van der Waals surface area contributed by atoms with Crippen molar-refractivity contribution in [3.05, 3.63) is 87.4 Å². The molecule has 2 aromatic rings. The lowest BCUT2D eigenvalue weighted by molar-refractivity contribution is -0.133. The van der Waals surface area contributed by atoms with Crippen molar-refractivity contribution in [3.63, 3.8) is 0 Å². The van der Waals surface area contributed by atoms with Crippen molar-refractivity contribution in [3.8, 4) is 5.75 Å². The molecule has 39 heavy (non-hydrogen) atoms. The van der Waals surface area contributed by atoms with Gasteiger partial charge in [-0.05, 0) is 55.9 Å². The van der Waals surface area contributed by atoms with Gasteiger partial charge in [0.25, 0.3) is 11.8 Å². The molecule has 0 aromatic heterocycles. The van der Waals surface area contributed by atoms with E-state index in [-0.39, 0.29) is 24.2 Å². The maximum atomic E-state index is 12.9. The lowest BCUT2D eigenvalue weighted by Gasteiger charge is -2.25. The van der Waals surface area contributed by atoms with Crippen LogP contribution in [0.25, 0.3) is 0 Å². The van der Waals surface area contributed by atoms with Gasteiger partial charge in [0.2, 0.25) is 0 Å². The maximum Gasteiger partial charge on any atom is 0.260 e. The van der Waals surface area contributed by atoms with Gasteiger partial charge < -0.3 is 29.7 Å². The molecular formula is C28H32Cl3N5O3. The Balaban J connectivity index is 1.25. The molecular weight excluding hydrogens is 561 g/mol. The Bertz CT molecular complexity index is 1220. The fourth-order valence-electron chi connectivity index (χ4n) is 4.27. The van der Waals surface area contributed by atoms with Crippen molar-refractivity contribution < 1.29 is 14.3 Å². The van der Waals surface area contributed by atoms with Crippen molar-refractivity contribution >= 4 is 46.6 Å². The first-order valence-corrected chi connectivity index (χ1v) is 13.9. The highest BCUT2D eigenvalue weighted by molar-refractivity contribution is 6.42. The van der Waals surface area contributed by atoms with E-state index in [1.807, 2.05) is 53.8 Å². The number of rotatable bonds is 9. The molecule has 2 aliphatic heterocycles. The van der Waals surface area contributed by atoms with E-state index in [1.54, 1.807) is 29.2 Å². The number of amides is 2. The summed E-state index contributed by atoms with van der Waals surface area (Å²) in [5.74, 6) is -0.110. The average Bonchev–Trinajstić information content (AvgIpc) is 3.14. The van der Waals surface area contributed by atoms with Crippen LogP contribution >= 0.6 is 34.8 Å². The minimum absolute atomic E-state index is 0.103. The molecule has 1 N–H and O–H groups in total. The molecule has 0 saturated carbocycles. The number of halogens is 3. The van der Waals surface area contributed by atoms with Crippen molar-refractivity contribution in [1.82, 2.24) is 24.9 Å². The smallest absolute Gasteiger partial charge is 0.260 e. The third-order valence-corrected chi connectivity index (χ3v) is 7.49. The SMILES string of the molecule is CN1CCCN(C(=O)COc2cc(Cl)ccc2C(=O)NCCN2C=CN(Cc3ccc(Cl)c(Cl)c3)C=C2)CC1. The highest BCUT2D eigenvalue weighted by atomic mass is 35.5. The minimum atomic E-state index is -0.295. The number of carbonyl (C=O) groups is 2. The summed E-state index contributed by atoms with van der Waals surface area (Å²) in [5.41, 5.74) is 1.38. The van der Waals surface area contributed by atoms with E-state index in [1.165, 1.54) is 0 Å². The molecule has 2 heterocycles. The largest absolute Gasteiger partial charge is 0.483 e. The van der Waals surface area contributed by atoms with Gasteiger partial charge in [0.15, 0.2) is 6.61 Å². The molecule has 0 aliphatic carbocycles. The maximum absolute atomic E-state index is 12.9. The second-order valence-electron chi connectivity index (χ2n) is 9.48. The molecule has 2 aliphatic rings. The van der Waals surface area contributed by atoms with Crippen LogP contribution in [-0.2, 0) is 11.3 Å². The number of hydrogen-bond acceptors (Lipinski definition) is 6. The topological polar surface area (TPSA) is 68.4 Å². The fraction of sp³-hybridized carbons (Fsp3) is 0.357. The number of hydrogen-bond donors (Lipinski definition) is 1. The molecule has 0 unspecified atom stereocenters. The van der Waals surface area contributed by atoms with Gasteiger partial charge in [0.05, 0.1) is 15.6 Å². The Morgan fingerprint density at radius 2 is 1.67 bits per heavy atom. The van der Waals surface area contributed by atoms with E-state index >= 15 is 0 Å². The summed E-state index contributed by atoms with van der Waals surface area (Å²) in [7, 11) is 2.05. The molecule has 4 rings (SSSR count). The number of ether oxygens (including phenoxy) is 1. The molecule has 0 atom stereocenters. The van der Waals surface area contributed by atoms with E-state index < -0.39 is 0 Å². The number of nitrogens with one attached hydrogen (secondary N) is 1. The predicted molar refractivity (Wildman–Crippen MR) is 155 cm³/mol. The van der Waals surface area contributed by atoms with Gasteiger partial charge in [-0.3, -0.25) is 9.59 Å². The predicted octanol–water partition coefficient (Wildman–Crippen LogP) is 4.68. The summed E-state index contributed by atoms with van der Waals surface area (Å²) >= 11 is 18.3. The summed E-state index contributed by atoms with van der Waals surface area (Å²) in [5, 5.41) is 4.41. The molecule has 0 radical (unpaired) electrons. The quantitative estimate of drug-likeness (QED) is 0.456. The van der Waals surface area contributed by atoms with E-state index in [0.717, 1.165) is 25.1 Å². The Kier molecular flexibility index (Phi) is 10.4. The van der Waals surface area contributed by atoms with Gasteiger partial charge in [-0.15, -0.1) is 0 Å². The first-order valence-electron chi connectivity index (χ1n) is 12.8. The number of nitrogens with zero attached hydrogens (tertiary/aromatic N) is 4. The first kappa shape index (κ1) is 29.1. The van der Waals surface area contributed by atoms with Gasteiger partial charge in [0, 0.05) is 69.1 Å². The van der Waals surface area contributed by atoms with Crippen LogP contribution in [0.15, 0.2) is 61.2 Å². The minimum Gasteiger partial charge on any atom is -0.483 e. The zero-order chi connectivity index (χ0) is 27.8. The highest BCUT2D eigenvalue weighted by Crippen LogP contribution is 2.25. The van der Waals surface area contributed by atoms with E-state index in [4.69, 9.17) is 39.5 Å². The molecule has 1 saturated heterocycles. The molecule has 2 amide bonds. The van der Waals surface area contributed by atoms with E-state index in [0.29, 0.717) is 53.4 Å². The summed E-state index contributed by atoms with van der Waals surface area (Å²) < 4.78 is 5.79. The second-order valence-corrected chi connectivity index (χ2v) is 10.7. The standard InChI is InChI=1S/C28H32Cl3N5O3/c1-33-8-2-9-36(16-11-33)27(37)20-39-26-18-22(29)4-5-23(26)28(38)32-7-10-34-12-14-35(15-13-34)19-21-3-6-24(30)25(31)17-21/h3-6,12-15,17-18H,2,7-11,16,19-20H2,1H3,(H,32,38). The van der Waals surface area contributed by atoms with Crippen molar-refractivity contribution in [1.29, 1.82) is 0 Å². The molecule has 11 heteroatoms.